The first kappa shape index (κ1) is 19.6. The first-order valence-corrected chi connectivity index (χ1v) is 11.4. The number of hydrogen-bond donors (Lipinski definition) is 1. The number of thioether (sulfide) groups is 1. The highest BCUT2D eigenvalue weighted by atomic mass is 32.2. The Hall–Kier alpha value is -1.17. The van der Waals surface area contributed by atoms with Gasteiger partial charge in [0.05, 0.1) is 0 Å². The minimum Gasteiger partial charge on any atom is -0.357 e. The third-order valence-electron chi connectivity index (χ3n) is 5.64. The molecule has 2 heterocycles. The Morgan fingerprint density at radius 1 is 1.31 bits per heavy atom. The van der Waals surface area contributed by atoms with Crippen LogP contribution < -0.4 is 5.32 Å². The summed E-state index contributed by atoms with van der Waals surface area (Å²) in [5, 5.41) is 3.54. The predicted molar refractivity (Wildman–Crippen MR) is 112 cm³/mol. The first-order chi connectivity index (χ1) is 12.7. The second kappa shape index (κ2) is 9.67. The summed E-state index contributed by atoms with van der Waals surface area (Å²) in [7, 11) is 0. The van der Waals surface area contributed by atoms with E-state index in [2.05, 4.69) is 51.6 Å². The average Bonchev–Trinajstić information content (AvgIpc) is 3.06. The molecule has 1 saturated carbocycles. The number of aryl methyl sites for hydroxylation is 2. The van der Waals surface area contributed by atoms with E-state index < -0.39 is 0 Å². The molecule has 1 saturated heterocycles. The van der Waals surface area contributed by atoms with Gasteiger partial charge in [0.25, 0.3) is 0 Å². The molecule has 1 aromatic heterocycles. The van der Waals surface area contributed by atoms with Gasteiger partial charge in [-0.2, -0.15) is 11.8 Å². The summed E-state index contributed by atoms with van der Waals surface area (Å²) < 4.78 is 2.72. The second-order valence-corrected chi connectivity index (χ2v) is 9.19. The fraction of sp³-hybridized carbons (Fsp3) is 0.800. The van der Waals surface area contributed by atoms with Crippen molar-refractivity contribution in [1.82, 2.24) is 19.8 Å². The molecule has 2 fully saturated rings. The Bertz CT molecular complexity index is 571. The largest absolute Gasteiger partial charge is 0.357 e. The van der Waals surface area contributed by atoms with Crippen LogP contribution in [-0.2, 0) is 6.54 Å². The Morgan fingerprint density at radius 2 is 2.15 bits per heavy atom. The van der Waals surface area contributed by atoms with Gasteiger partial charge in [-0.25, -0.2) is 4.98 Å². The van der Waals surface area contributed by atoms with E-state index in [1.807, 2.05) is 6.20 Å². The molecule has 0 atom stereocenters. The maximum Gasteiger partial charge on any atom is 0.193 e. The summed E-state index contributed by atoms with van der Waals surface area (Å²) in [4.78, 5) is 11.8. The number of nitrogens with one attached hydrogen (secondary N) is 1. The van der Waals surface area contributed by atoms with Gasteiger partial charge in [-0.05, 0) is 39.5 Å². The fourth-order valence-electron chi connectivity index (χ4n) is 4.17. The van der Waals surface area contributed by atoms with Crippen molar-refractivity contribution in [3.05, 3.63) is 18.2 Å². The van der Waals surface area contributed by atoms with E-state index in [9.17, 15) is 0 Å². The van der Waals surface area contributed by atoms with Gasteiger partial charge in [0.2, 0.25) is 0 Å². The molecule has 1 aliphatic carbocycles. The number of hydrogen-bond acceptors (Lipinski definition) is 3. The topological polar surface area (TPSA) is 45.5 Å². The van der Waals surface area contributed by atoms with Crippen molar-refractivity contribution in [2.75, 3.05) is 31.9 Å². The van der Waals surface area contributed by atoms with Gasteiger partial charge in [0, 0.05) is 55.6 Å². The van der Waals surface area contributed by atoms with Crippen molar-refractivity contribution in [3.63, 3.8) is 0 Å². The fourth-order valence-corrected chi connectivity index (χ4v) is 5.74. The summed E-state index contributed by atoms with van der Waals surface area (Å²) in [5.74, 6) is 3.48. The zero-order valence-corrected chi connectivity index (χ0v) is 17.4. The quantitative estimate of drug-likeness (QED) is 0.466. The van der Waals surface area contributed by atoms with Crippen molar-refractivity contribution in [2.45, 2.75) is 70.1 Å². The van der Waals surface area contributed by atoms with Gasteiger partial charge in [-0.15, -0.1) is 0 Å². The number of imidazole rings is 1. The third kappa shape index (κ3) is 5.18. The van der Waals surface area contributed by atoms with Crippen LogP contribution in [0.25, 0.3) is 0 Å². The van der Waals surface area contributed by atoms with Crippen LogP contribution in [0.5, 0.6) is 0 Å². The van der Waals surface area contributed by atoms with Crippen LogP contribution in [0.4, 0.5) is 0 Å². The van der Waals surface area contributed by atoms with Gasteiger partial charge in [-0.3, -0.25) is 4.99 Å². The highest BCUT2D eigenvalue weighted by molar-refractivity contribution is 8.00. The highest BCUT2D eigenvalue weighted by Crippen LogP contribution is 2.42. The number of aliphatic imine (C=N–C) groups is 1. The molecule has 0 bridgehead atoms. The lowest BCUT2D eigenvalue weighted by molar-refractivity contribution is 0.293. The first-order valence-electron chi connectivity index (χ1n) is 10.4. The van der Waals surface area contributed by atoms with Gasteiger partial charge in [0.1, 0.15) is 5.82 Å². The number of unbranched alkanes of at least 4 members (excludes halogenated alkanes) is 1. The highest BCUT2D eigenvalue weighted by Gasteiger charge is 2.38. The second-order valence-electron chi connectivity index (χ2n) is 7.62. The summed E-state index contributed by atoms with van der Waals surface area (Å²) in [6, 6.07) is 0. The van der Waals surface area contributed by atoms with Gasteiger partial charge >= 0.3 is 0 Å². The molecule has 6 heteroatoms. The average molecular weight is 378 g/mol. The zero-order chi connectivity index (χ0) is 18.2. The number of guanidine groups is 1. The molecule has 0 unspecified atom stereocenters. The molecule has 26 heavy (non-hydrogen) atoms. The van der Waals surface area contributed by atoms with Gasteiger partial charge in [0.15, 0.2) is 5.96 Å². The Morgan fingerprint density at radius 3 is 2.88 bits per heavy atom. The number of rotatable bonds is 6. The third-order valence-corrected chi connectivity index (χ3v) is 7.18. The molecule has 0 aromatic carbocycles. The van der Waals surface area contributed by atoms with E-state index in [-0.39, 0.29) is 0 Å². The molecule has 0 amide bonds. The Kier molecular flexibility index (Phi) is 7.29. The van der Waals surface area contributed by atoms with Crippen molar-refractivity contribution >= 4 is 17.7 Å². The maximum atomic E-state index is 4.95. The van der Waals surface area contributed by atoms with Crippen LogP contribution in [0.2, 0.25) is 0 Å². The summed E-state index contributed by atoms with van der Waals surface area (Å²) in [5.41, 5.74) is 0. The molecule has 146 valence electrons. The molecule has 2 aliphatic rings. The monoisotopic (exact) mass is 377 g/mol. The lowest BCUT2D eigenvalue weighted by atomic mass is 9.87. The van der Waals surface area contributed by atoms with Crippen LogP contribution in [0.1, 0.15) is 57.7 Å². The van der Waals surface area contributed by atoms with E-state index in [1.165, 1.54) is 44.4 Å². The van der Waals surface area contributed by atoms with Crippen molar-refractivity contribution < 1.29 is 0 Å². The maximum absolute atomic E-state index is 4.95. The smallest absolute Gasteiger partial charge is 0.193 e. The lowest BCUT2D eigenvalue weighted by Gasteiger charge is -2.45. The van der Waals surface area contributed by atoms with Gasteiger partial charge in [-0.1, -0.05) is 19.3 Å². The Labute approximate surface area is 163 Å². The van der Waals surface area contributed by atoms with E-state index in [0.717, 1.165) is 50.8 Å². The van der Waals surface area contributed by atoms with Crippen LogP contribution in [-0.4, -0.2) is 57.1 Å². The minimum absolute atomic E-state index is 0.492. The van der Waals surface area contributed by atoms with Crippen molar-refractivity contribution in [3.8, 4) is 0 Å². The molecule has 1 N–H and O–H groups in total. The normalized spacial score (nSPS) is 20.5. The lowest BCUT2D eigenvalue weighted by Crippen LogP contribution is -2.53. The van der Waals surface area contributed by atoms with Crippen LogP contribution in [0, 0.1) is 6.92 Å². The molecule has 1 spiro atoms. The molecule has 1 aliphatic heterocycles. The van der Waals surface area contributed by atoms with Crippen molar-refractivity contribution in [1.29, 1.82) is 0 Å². The molecular formula is C20H35N5S. The number of nitrogens with zero attached hydrogens (tertiary/aromatic N) is 4. The van der Waals surface area contributed by atoms with E-state index in [4.69, 9.17) is 4.99 Å². The van der Waals surface area contributed by atoms with E-state index in [1.54, 1.807) is 0 Å². The molecule has 3 rings (SSSR count). The van der Waals surface area contributed by atoms with Crippen LogP contribution in [0.3, 0.4) is 0 Å². The summed E-state index contributed by atoms with van der Waals surface area (Å²) in [6.07, 6.45) is 13.2. The van der Waals surface area contributed by atoms with Crippen molar-refractivity contribution in [2.24, 2.45) is 4.99 Å². The number of aromatic nitrogens is 2. The van der Waals surface area contributed by atoms with E-state index in [0.29, 0.717) is 4.75 Å². The van der Waals surface area contributed by atoms with Crippen LogP contribution in [0.15, 0.2) is 17.4 Å². The summed E-state index contributed by atoms with van der Waals surface area (Å²) >= 11 is 2.22. The molecule has 5 nitrogen and oxygen atoms in total. The Balaban J connectivity index is 1.50. The summed E-state index contributed by atoms with van der Waals surface area (Å²) in [6.45, 7) is 9.45. The molecule has 0 radical (unpaired) electrons. The molecular weight excluding hydrogens is 342 g/mol. The van der Waals surface area contributed by atoms with Crippen LogP contribution >= 0.6 is 11.8 Å². The van der Waals surface area contributed by atoms with Gasteiger partial charge < -0.3 is 14.8 Å². The minimum atomic E-state index is 0.492. The predicted octanol–water partition coefficient (Wildman–Crippen LogP) is 3.69. The molecule has 1 aromatic rings. The zero-order valence-electron chi connectivity index (χ0n) is 16.5. The van der Waals surface area contributed by atoms with E-state index >= 15 is 0 Å². The standard InChI is InChI=1S/C20H35N5S/c1-3-21-19(23-11-7-8-13-24-14-12-22-18(24)2)25-15-16-26-20(17-25)9-5-4-6-10-20/h12,14H,3-11,13,15-17H2,1-2H3,(H,21,23). The SMILES string of the molecule is CCNC(=NCCCCn1ccnc1C)N1CCSC2(CCCCC2)C1.